The number of aromatic nitrogens is 1. The van der Waals surface area contributed by atoms with Crippen LogP contribution in [0.15, 0.2) is 70.5 Å². The van der Waals surface area contributed by atoms with Gasteiger partial charge in [-0.25, -0.2) is 0 Å². The van der Waals surface area contributed by atoms with E-state index < -0.39 is 0 Å². The molecule has 3 rings (SSSR count). The van der Waals surface area contributed by atoms with Crippen molar-refractivity contribution in [2.45, 2.75) is 10.8 Å². The van der Waals surface area contributed by atoms with Crippen LogP contribution in [-0.4, -0.2) is 4.98 Å². The number of pyridine rings is 1. The molecule has 0 saturated heterocycles. The number of hydrogen-bond donors (Lipinski definition) is 1. The Morgan fingerprint density at radius 3 is 2.53 bits per heavy atom. The lowest BCUT2D eigenvalue weighted by molar-refractivity contribution is 1.17. The third kappa shape index (κ3) is 2.71. The molecule has 94 valence electrons. The van der Waals surface area contributed by atoms with Crippen LogP contribution in [0.1, 0.15) is 5.56 Å². The molecule has 1 heterocycles. The number of H-pyrrole nitrogens is 1. The van der Waals surface area contributed by atoms with E-state index in [9.17, 15) is 4.79 Å². The van der Waals surface area contributed by atoms with Crippen molar-refractivity contribution in [2.75, 3.05) is 0 Å². The molecule has 0 bridgehead atoms. The van der Waals surface area contributed by atoms with Crippen LogP contribution in [0, 0.1) is 0 Å². The van der Waals surface area contributed by atoms with Crippen LogP contribution in [-0.2, 0) is 5.75 Å². The van der Waals surface area contributed by atoms with Crippen molar-refractivity contribution >= 4 is 22.7 Å². The minimum atomic E-state index is 0.0740. The fraction of sp³-hybridized carbons (Fsp3) is 0.0625. The Kier molecular flexibility index (Phi) is 3.38. The van der Waals surface area contributed by atoms with Crippen LogP contribution >= 0.6 is 11.8 Å². The number of benzene rings is 2. The van der Waals surface area contributed by atoms with Crippen LogP contribution in [0.5, 0.6) is 0 Å². The van der Waals surface area contributed by atoms with Gasteiger partial charge >= 0.3 is 0 Å². The Bertz CT molecular complexity index is 749. The van der Waals surface area contributed by atoms with Gasteiger partial charge in [0.05, 0.1) is 10.5 Å². The zero-order valence-electron chi connectivity index (χ0n) is 10.3. The quantitative estimate of drug-likeness (QED) is 0.732. The van der Waals surface area contributed by atoms with E-state index >= 15 is 0 Å². The summed E-state index contributed by atoms with van der Waals surface area (Å²) in [7, 11) is 0. The number of nitrogens with one attached hydrogen (secondary N) is 1. The number of hydrogen-bond acceptors (Lipinski definition) is 2. The molecule has 0 aliphatic rings. The lowest BCUT2D eigenvalue weighted by atomic mass is 10.2. The van der Waals surface area contributed by atoms with Gasteiger partial charge in [0.15, 0.2) is 5.43 Å². The van der Waals surface area contributed by atoms with E-state index in [4.69, 9.17) is 0 Å². The van der Waals surface area contributed by atoms with Gasteiger partial charge in [0.2, 0.25) is 0 Å². The van der Waals surface area contributed by atoms with E-state index in [1.54, 1.807) is 17.8 Å². The van der Waals surface area contributed by atoms with Crippen LogP contribution < -0.4 is 5.43 Å². The van der Waals surface area contributed by atoms with E-state index in [-0.39, 0.29) is 5.43 Å². The molecule has 0 atom stereocenters. The van der Waals surface area contributed by atoms with Crippen molar-refractivity contribution in [1.29, 1.82) is 0 Å². The van der Waals surface area contributed by atoms with E-state index in [1.807, 2.05) is 42.5 Å². The average molecular weight is 267 g/mol. The first-order valence-corrected chi connectivity index (χ1v) is 7.10. The fourth-order valence-electron chi connectivity index (χ4n) is 1.99. The van der Waals surface area contributed by atoms with E-state index in [2.05, 4.69) is 17.1 Å². The second-order valence-electron chi connectivity index (χ2n) is 4.32. The first kappa shape index (κ1) is 12.1. The zero-order valence-corrected chi connectivity index (χ0v) is 11.1. The molecule has 3 aromatic rings. The molecule has 0 amide bonds. The molecule has 0 aliphatic heterocycles. The summed E-state index contributed by atoms with van der Waals surface area (Å²) >= 11 is 1.65. The molecule has 0 fully saturated rings. The summed E-state index contributed by atoms with van der Waals surface area (Å²) in [4.78, 5) is 15.3. The number of rotatable bonds is 3. The van der Waals surface area contributed by atoms with E-state index in [1.165, 1.54) is 5.56 Å². The van der Waals surface area contributed by atoms with Crippen LogP contribution in [0.25, 0.3) is 10.9 Å². The third-order valence-electron chi connectivity index (χ3n) is 2.95. The van der Waals surface area contributed by atoms with Crippen LogP contribution in [0.2, 0.25) is 0 Å². The highest BCUT2D eigenvalue weighted by Crippen LogP contribution is 2.21. The predicted octanol–water partition coefficient (Wildman–Crippen LogP) is 3.82. The lowest BCUT2D eigenvalue weighted by Crippen LogP contribution is -2.02. The highest BCUT2D eigenvalue weighted by atomic mass is 32.2. The van der Waals surface area contributed by atoms with Gasteiger partial charge in [-0.15, -0.1) is 11.8 Å². The molecule has 0 radical (unpaired) electrons. The Hall–Kier alpha value is -2.00. The molecule has 0 unspecified atom stereocenters. The van der Waals surface area contributed by atoms with Gasteiger partial charge in [0.1, 0.15) is 0 Å². The standard InChI is InChI=1S/C16H13NOS/c18-15-10-16(17-14-9-5-4-8-13(14)15)19-11-12-6-2-1-3-7-12/h1-10H,11H2,(H,17,18). The minimum absolute atomic E-state index is 0.0740. The SMILES string of the molecule is O=c1cc(SCc2ccccc2)[nH]c2ccccc12. The minimum Gasteiger partial charge on any atom is -0.350 e. The largest absolute Gasteiger partial charge is 0.350 e. The Balaban J connectivity index is 1.88. The fourth-order valence-corrected chi connectivity index (χ4v) is 2.87. The number of fused-ring (bicyclic) bond motifs is 1. The summed E-state index contributed by atoms with van der Waals surface area (Å²) < 4.78 is 0. The van der Waals surface area contributed by atoms with Crippen LogP contribution in [0.3, 0.4) is 0 Å². The van der Waals surface area contributed by atoms with Crippen molar-refractivity contribution in [3.63, 3.8) is 0 Å². The highest BCUT2D eigenvalue weighted by molar-refractivity contribution is 7.98. The van der Waals surface area contributed by atoms with Crippen LogP contribution in [0.4, 0.5) is 0 Å². The molecular weight excluding hydrogens is 254 g/mol. The van der Waals surface area contributed by atoms with Gasteiger partial charge in [-0.1, -0.05) is 42.5 Å². The zero-order chi connectivity index (χ0) is 13.1. The van der Waals surface area contributed by atoms with Gasteiger partial charge < -0.3 is 4.98 Å². The summed E-state index contributed by atoms with van der Waals surface area (Å²) in [5.41, 5.74) is 2.22. The molecule has 1 aromatic heterocycles. The molecule has 2 aromatic carbocycles. The monoisotopic (exact) mass is 267 g/mol. The lowest BCUT2D eigenvalue weighted by Gasteiger charge is -2.04. The molecule has 1 N–H and O–H groups in total. The summed E-state index contributed by atoms with van der Waals surface area (Å²) in [5.74, 6) is 0.856. The van der Waals surface area contributed by atoms with Gasteiger partial charge in [0, 0.05) is 17.2 Å². The maximum absolute atomic E-state index is 12.0. The smallest absolute Gasteiger partial charge is 0.190 e. The maximum Gasteiger partial charge on any atom is 0.190 e. The summed E-state index contributed by atoms with van der Waals surface area (Å²) in [5, 5.41) is 1.65. The maximum atomic E-state index is 12.0. The Morgan fingerprint density at radius 1 is 0.947 bits per heavy atom. The molecule has 2 nitrogen and oxygen atoms in total. The molecule has 0 saturated carbocycles. The number of thioether (sulfide) groups is 1. The van der Waals surface area contributed by atoms with Crippen molar-refractivity contribution in [3.8, 4) is 0 Å². The predicted molar refractivity (Wildman–Crippen MR) is 80.6 cm³/mol. The third-order valence-corrected chi connectivity index (χ3v) is 3.96. The van der Waals surface area contributed by atoms with Gasteiger partial charge in [-0.3, -0.25) is 4.79 Å². The van der Waals surface area contributed by atoms with Crippen molar-refractivity contribution in [3.05, 3.63) is 76.5 Å². The molecule has 19 heavy (non-hydrogen) atoms. The van der Waals surface area contributed by atoms with Gasteiger partial charge in [-0.2, -0.15) is 0 Å². The normalized spacial score (nSPS) is 10.7. The van der Waals surface area contributed by atoms with Gasteiger partial charge in [0.25, 0.3) is 0 Å². The second-order valence-corrected chi connectivity index (χ2v) is 5.33. The Morgan fingerprint density at radius 2 is 1.68 bits per heavy atom. The molecule has 0 aliphatic carbocycles. The highest BCUT2D eigenvalue weighted by Gasteiger charge is 2.02. The first-order valence-electron chi connectivity index (χ1n) is 6.12. The van der Waals surface area contributed by atoms with Crippen molar-refractivity contribution in [2.24, 2.45) is 0 Å². The van der Waals surface area contributed by atoms with Crippen molar-refractivity contribution < 1.29 is 0 Å². The summed E-state index contributed by atoms with van der Waals surface area (Å²) in [6, 6.07) is 19.5. The first-order chi connectivity index (χ1) is 9.33. The number of para-hydroxylation sites is 1. The average Bonchev–Trinajstić information content (AvgIpc) is 2.46. The van der Waals surface area contributed by atoms with E-state index in [0.717, 1.165) is 21.7 Å². The second kappa shape index (κ2) is 5.33. The summed E-state index contributed by atoms with van der Waals surface area (Å²) in [6.07, 6.45) is 0. The van der Waals surface area contributed by atoms with E-state index in [0.29, 0.717) is 0 Å². The van der Waals surface area contributed by atoms with Gasteiger partial charge in [-0.05, 0) is 17.7 Å². The topological polar surface area (TPSA) is 32.9 Å². The Labute approximate surface area is 115 Å². The molecule has 3 heteroatoms. The summed E-state index contributed by atoms with van der Waals surface area (Å²) in [6.45, 7) is 0. The number of aromatic amines is 1. The molecule has 0 spiro atoms. The molecular formula is C16H13NOS. The van der Waals surface area contributed by atoms with Crippen molar-refractivity contribution in [1.82, 2.24) is 4.98 Å².